The second kappa shape index (κ2) is 3.94. The van der Waals surface area contributed by atoms with E-state index >= 15 is 0 Å². The number of hydrogen-bond acceptors (Lipinski definition) is 2. The molecule has 13 heavy (non-hydrogen) atoms. The summed E-state index contributed by atoms with van der Waals surface area (Å²) in [6, 6.07) is 7.78. The molecule has 0 saturated heterocycles. The van der Waals surface area contributed by atoms with E-state index in [2.05, 4.69) is 0 Å². The van der Waals surface area contributed by atoms with E-state index in [1.165, 1.54) is 7.05 Å². The molecule has 1 aromatic rings. The number of hydrogen-bond donors (Lipinski definition) is 0. The fourth-order valence-corrected chi connectivity index (χ4v) is 1.20. The number of hydroxylamine groups is 1. The van der Waals surface area contributed by atoms with Gasteiger partial charge in [0.2, 0.25) is 0 Å². The Morgan fingerprint density at radius 2 is 1.92 bits per heavy atom. The highest BCUT2D eigenvalue weighted by Gasteiger charge is 2.02. The third kappa shape index (κ3) is 2.47. The molecule has 0 aliphatic rings. The van der Waals surface area contributed by atoms with Crippen LogP contribution in [-0.4, -0.2) is 32.1 Å². The maximum atomic E-state index is 10.8. The van der Waals surface area contributed by atoms with Crippen LogP contribution in [0.3, 0.4) is 0 Å². The lowest BCUT2D eigenvalue weighted by molar-refractivity contribution is -0.416. The Morgan fingerprint density at radius 3 is 2.46 bits per heavy atom. The highest BCUT2D eigenvalue weighted by Crippen LogP contribution is 2.15. The Morgan fingerprint density at radius 1 is 1.31 bits per heavy atom. The van der Waals surface area contributed by atoms with Crippen LogP contribution < -0.4 is 4.90 Å². The van der Waals surface area contributed by atoms with Crippen molar-refractivity contribution in [1.29, 1.82) is 0 Å². The number of rotatable bonds is 2. The zero-order valence-electron chi connectivity index (χ0n) is 8.19. The first-order valence-electron chi connectivity index (χ1n) is 4.12. The van der Waals surface area contributed by atoms with Crippen LogP contribution in [0.15, 0.2) is 24.3 Å². The molecule has 1 aromatic carbocycles. The number of anilines is 1. The molecule has 0 aliphatic carbocycles. The molecule has 0 saturated carbocycles. The van der Waals surface area contributed by atoms with Crippen molar-refractivity contribution in [2.75, 3.05) is 26.0 Å². The van der Waals surface area contributed by atoms with Crippen molar-refractivity contribution in [1.82, 2.24) is 0 Å². The van der Waals surface area contributed by atoms with Gasteiger partial charge >= 0.3 is 0 Å². The predicted octanol–water partition coefficient (Wildman–Crippen LogP) is 1.31. The minimum absolute atomic E-state index is 0.808. The smallest absolute Gasteiger partial charge is 0.183 e. The predicted molar refractivity (Wildman–Crippen MR) is 55.5 cm³/mol. The summed E-state index contributed by atoms with van der Waals surface area (Å²) in [6.07, 6.45) is 1.56. The van der Waals surface area contributed by atoms with Gasteiger partial charge in [0, 0.05) is 19.8 Å². The van der Waals surface area contributed by atoms with Crippen molar-refractivity contribution in [2.24, 2.45) is 0 Å². The summed E-state index contributed by atoms with van der Waals surface area (Å²) in [5, 5.41) is 10.8. The Hall–Kier alpha value is -1.51. The first-order valence-corrected chi connectivity index (χ1v) is 4.12. The van der Waals surface area contributed by atoms with Gasteiger partial charge in [0.1, 0.15) is 7.05 Å². The van der Waals surface area contributed by atoms with E-state index in [0.717, 1.165) is 16.0 Å². The summed E-state index contributed by atoms with van der Waals surface area (Å²) in [7, 11) is 5.39. The van der Waals surface area contributed by atoms with Gasteiger partial charge in [-0.2, -0.15) is 0 Å². The second-order valence-electron chi connectivity index (χ2n) is 3.13. The lowest BCUT2D eigenvalue weighted by Crippen LogP contribution is -2.12. The summed E-state index contributed by atoms with van der Waals surface area (Å²) in [4.78, 5) is 1.98. The van der Waals surface area contributed by atoms with Crippen LogP contribution in [0.25, 0.3) is 0 Å². The van der Waals surface area contributed by atoms with Crippen molar-refractivity contribution in [3.8, 4) is 0 Å². The first kappa shape index (κ1) is 9.58. The van der Waals surface area contributed by atoms with Crippen molar-refractivity contribution < 1.29 is 4.74 Å². The van der Waals surface area contributed by atoms with E-state index in [0.29, 0.717) is 0 Å². The largest absolute Gasteiger partial charge is 0.624 e. The summed E-state index contributed by atoms with van der Waals surface area (Å²) in [5.74, 6) is 0. The Bertz CT molecular complexity index is 314. The second-order valence-corrected chi connectivity index (χ2v) is 3.13. The summed E-state index contributed by atoms with van der Waals surface area (Å²) >= 11 is 0. The van der Waals surface area contributed by atoms with Gasteiger partial charge in [0.05, 0.1) is 5.56 Å². The maximum Gasteiger partial charge on any atom is 0.183 e. The molecule has 0 aliphatic heterocycles. The van der Waals surface area contributed by atoms with Crippen molar-refractivity contribution >= 4 is 11.9 Å². The first-order chi connectivity index (χ1) is 6.11. The number of benzene rings is 1. The Kier molecular flexibility index (Phi) is 2.90. The van der Waals surface area contributed by atoms with Crippen LogP contribution in [0.5, 0.6) is 0 Å². The zero-order chi connectivity index (χ0) is 9.84. The fourth-order valence-electron chi connectivity index (χ4n) is 1.20. The van der Waals surface area contributed by atoms with Crippen LogP contribution in [0.4, 0.5) is 5.69 Å². The van der Waals surface area contributed by atoms with Crippen molar-refractivity contribution in [2.45, 2.75) is 0 Å². The van der Waals surface area contributed by atoms with Crippen molar-refractivity contribution in [3.05, 3.63) is 35.0 Å². The molecule has 0 N–H and O–H groups in total. The molecule has 0 radical (unpaired) electrons. The lowest BCUT2D eigenvalue weighted by atomic mass is 10.2. The van der Waals surface area contributed by atoms with Gasteiger partial charge in [-0.1, -0.05) is 12.1 Å². The minimum Gasteiger partial charge on any atom is -0.624 e. The van der Waals surface area contributed by atoms with E-state index in [1.54, 1.807) is 6.21 Å². The van der Waals surface area contributed by atoms with E-state index in [9.17, 15) is 5.21 Å². The average molecular weight is 178 g/mol. The van der Waals surface area contributed by atoms with E-state index in [1.807, 2.05) is 43.3 Å². The molecule has 3 heteroatoms. The quantitative estimate of drug-likeness (QED) is 0.296. The third-order valence-corrected chi connectivity index (χ3v) is 1.74. The van der Waals surface area contributed by atoms with E-state index < -0.39 is 0 Å². The Balaban J connectivity index is 3.12. The molecular weight excluding hydrogens is 164 g/mol. The molecule has 0 fully saturated rings. The summed E-state index contributed by atoms with van der Waals surface area (Å²) in [5.41, 5.74) is 1.98. The van der Waals surface area contributed by atoms with Gasteiger partial charge in [-0.3, -0.25) is 0 Å². The molecule has 0 amide bonds. The number of nitrogens with zero attached hydrogens (tertiary/aromatic N) is 2. The monoisotopic (exact) mass is 178 g/mol. The average Bonchev–Trinajstić information content (AvgIpc) is 2.03. The molecule has 3 nitrogen and oxygen atoms in total. The van der Waals surface area contributed by atoms with Gasteiger partial charge in [-0.05, 0) is 12.1 Å². The topological polar surface area (TPSA) is 29.3 Å². The molecule has 70 valence electrons. The van der Waals surface area contributed by atoms with Gasteiger partial charge in [0.15, 0.2) is 6.21 Å². The minimum atomic E-state index is 0.808. The highest BCUT2D eigenvalue weighted by molar-refractivity contribution is 5.84. The van der Waals surface area contributed by atoms with Crippen LogP contribution in [0, 0.1) is 5.21 Å². The van der Waals surface area contributed by atoms with Gasteiger partial charge in [-0.15, -0.1) is 0 Å². The van der Waals surface area contributed by atoms with Gasteiger partial charge in [0.25, 0.3) is 0 Å². The standard InChI is InChI=1S/C10H14N2O/c1-11(2)10-7-5-4-6-9(10)8-12(3)13/h4-8H,1-3H3. The van der Waals surface area contributed by atoms with E-state index in [4.69, 9.17) is 0 Å². The number of para-hydroxylation sites is 1. The molecule has 1 rings (SSSR count). The normalized spacial score (nSPS) is 11.5. The zero-order valence-corrected chi connectivity index (χ0v) is 8.19. The van der Waals surface area contributed by atoms with E-state index in [-0.39, 0.29) is 0 Å². The van der Waals surface area contributed by atoms with Crippen molar-refractivity contribution in [3.63, 3.8) is 0 Å². The molecule has 0 spiro atoms. The fraction of sp³-hybridized carbons (Fsp3) is 0.300. The molecular formula is C10H14N2O. The van der Waals surface area contributed by atoms with Crippen LogP contribution in [-0.2, 0) is 0 Å². The molecule has 0 aromatic heterocycles. The highest BCUT2D eigenvalue weighted by atomic mass is 16.5. The van der Waals surface area contributed by atoms with Crippen LogP contribution in [0.1, 0.15) is 5.56 Å². The van der Waals surface area contributed by atoms with Gasteiger partial charge < -0.3 is 10.1 Å². The Labute approximate surface area is 78.5 Å². The molecule has 0 atom stereocenters. The molecule has 0 unspecified atom stereocenters. The van der Waals surface area contributed by atoms with Crippen LogP contribution in [0.2, 0.25) is 0 Å². The van der Waals surface area contributed by atoms with Crippen LogP contribution >= 0.6 is 0 Å². The van der Waals surface area contributed by atoms with Gasteiger partial charge in [-0.25, -0.2) is 4.74 Å². The molecule has 0 heterocycles. The summed E-state index contributed by atoms with van der Waals surface area (Å²) in [6.45, 7) is 0. The maximum absolute atomic E-state index is 10.8. The lowest BCUT2D eigenvalue weighted by Gasteiger charge is -2.14. The third-order valence-electron chi connectivity index (χ3n) is 1.74. The molecule has 0 bridgehead atoms. The SMILES string of the molecule is CN(C)c1ccccc1C=[N+](C)[O-]. The summed E-state index contributed by atoms with van der Waals surface area (Å²) < 4.78 is 0.808.